The number of rotatable bonds is 7. The van der Waals surface area contributed by atoms with Crippen molar-refractivity contribution in [1.82, 2.24) is 4.90 Å². The predicted octanol–water partition coefficient (Wildman–Crippen LogP) is 5.82. The number of thioether (sulfide) groups is 1. The summed E-state index contributed by atoms with van der Waals surface area (Å²) in [5, 5.41) is 2.73. The Hall–Kier alpha value is -3.69. The third-order valence-corrected chi connectivity index (χ3v) is 6.94. The van der Waals surface area contributed by atoms with Gasteiger partial charge in [-0.3, -0.25) is 14.5 Å². The highest BCUT2D eigenvalue weighted by molar-refractivity contribution is 8.15. The van der Waals surface area contributed by atoms with Crippen LogP contribution < -0.4 is 5.32 Å². The van der Waals surface area contributed by atoms with Crippen LogP contribution in [0.5, 0.6) is 0 Å². The van der Waals surface area contributed by atoms with Crippen LogP contribution in [-0.4, -0.2) is 39.7 Å². The smallest absolute Gasteiger partial charge is 0.338 e. The van der Waals surface area contributed by atoms with Gasteiger partial charge in [-0.2, -0.15) is 0 Å². The third-order valence-electron chi connectivity index (χ3n) is 5.42. The molecule has 1 fully saturated rings. The minimum absolute atomic E-state index is 0.0526. The number of benzene rings is 3. The summed E-state index contributed by atoms with van der Waals surface area (Å²) in [7, 11) is 0. The summed E-state index contributed by atoms with van der Waals surface area (Å²) >= 11 is 7.32. The van der Waals surface area contributed by atoms with Gasteiger partial charge in [-0.1, -0.05) is 47.6 Å². The maximum absolute atomic E-state index is 13.4. The lowest BCUT2D eigenvalue weighted by atomic mass is 10.2. The van der Waals surface area contributed by atoms with Gasteiger partial charge < -0.3 is 10.1 Å². The Balaban J connectivity index is 1.60. The van der Waals surface area contributed by atoms with Gasteiger partial charge in [0, 0.05) is 6.42 Å². The number of halogens is 2. The normalized spacial score (nSPS) is 16.5. The van der Waals surface area contributed by atoms with Crippen LogP contribution in [0.3, 0.4) is 0 Å². The molecule has 37 heavy (non-hydrogen) atoms. The molecule has 1 aliphatic rings. The van der Waals surface area contributed by atoms with Crippen LogP contribution in [0.15, 0.2) is 77.8 Å². The number of anilines is 1. The summed E-state index contributed by atoms with van der Waals surface area (Å²) in [6.07, 6.45) is -0.0526. The fourth-order valence-corrected chi connectivity index (χ4v) is 4.82. The average molecular weight is 540 g/mol. The Bertz CT molecular complexity index is 1330. The Kier molecular flexibility index (Phi) is 8.58. The summed E-state index contributed by atoms with van der Waals surface area (Å²) in [6.45, 7) is 2.14. The molecule has 1 saturated heterocycles. The van der Waals surface area contributed by atoms with Crippen LogP contribution in [0.1, 0.15) is 29.3 Å². The number of amidine groups is 1. The van der Waals surface area contributed by atoms with E-state index in [4.69, 9.17) is 16.3 Å². The Morgan fingerprint density at radius 3 is 2.49 bits per heavy atom. The van der Waals surface area contributed by atoms with Gasteiger partial charge in [0.2, 0.25) is 11.8 Å². The molecule has 1 N–H and O–H groups in total. The number of esters is 1. The number of amides is 2. The maximum atomic E-state index is 13.4. The number of ether oxygens (including phenoxy) is 1. The lowest BCUT2D eigenvalue weighted by Crippen LogP contribution is -2.44. The van der Waals surface area contributed by atoms with E-state index < -0.39 is 11.2 Å². The topological polar surface area (TPSA) is 88.1 Å². The van der Waals surface area contributed by atoms with Crippen LogP contribution >= 0.6 is 23.4 Å². The second-order valence-corrected chi connectivity index (χ2v) is 9.62. The molecule has 10 heteroatoms. The van der Waals surface area contributed by atoms with E-state index >= 15 is 0 Å². The van der Waals surface area contributed by atoms with Crippen LogP contribution in [0, 0.1) is 5.82 Å². The highest BCUT2D eigenvalue weighted by Crippen LogP contribution is 2.32. The lowest BCUT2D eigenvalue weighted by Gasteiger charge is -2.32. The molecule has 1 unspecified atom stereocenters. The number of hydrogen-bond acceptors (Lipinski definition) is 6. The SMILES string of the molecule is CCOC(=O)c1ccc(N=C2SC(C(=O)Nc3ccccc3Cl)CC(=O)N2Cc2ccc(F)cc2)cc1. The molecule has 0 radical (unpaired) electrons. The highest BCUT2D eigenvalue weighted by atomic mass is 35.5. The largest absolute Gasteiger partial charge is 0.462 e. The molecule has 4 rings (SSSR count). The quantitative estimate of drug-likeness (QED) is 0.382. The minimum atomic E-state index is -0.745. The molecule has 190 valence electrons. The number of nitrogens with zero attached hydrogens (tertiary/aromatic N) is 2. The second-order valence-electron chi connectivity index (χ2n) is 8.05. The van der Waals surface area contributed by atoms with Gasteiger partial charge in [-0.15, -0.1) is 0 Å². The van der Waals surface area contributed by atoms with Gasteiger partial charge in [0.15, 0.2) is 5.17 Å². The van der Waals surface area contributed by atoms with E-state index in [9.17, 15) is 18.8 Å². The van der Waals surface area contributed by atoms with Crippen LogP contribution in [0.25, 0.3) is 0 Å². The first kappa shape index (κ1) is 26.4. The molecular weight excluding hydrogens is 517 g/mol. The summed E-state index contributed by atoms with van der Waals surface area (Å²) in [5.41, 5.74) is 2.02. The highest BCUT2D eigenvalue weighted by Gasteiger charge is 2.36. The van der Waals surface area contributed by atoms with Crippen molar-refractivity contribution in [2.24, 2.45) is 4.99 Å². The molecule has 3 aromatic rings. The van der Waals surface area contributed by atoms with Gasteiger partial charge in [-0.05, 0) is 61.0 Å². The van der Waals surface area contributed by atoms with Crippen molar-refractivity contribution < 1.29 is 23.5 Å². The van der Waals surface area contributed by atoms with Crippen molar-refractivity contribution in [3.8, 4) is 0 Å². The van der Waals surface area contributed by atoms with E-state index in [0.29, 0.717) is 32.7 Å². The fourth-order valence-electron chi connectivity index (χ4n) is 3.54. The third kappa shape index (κ3) is 6.75. The molecule has 1 aliphatic heterocycles. The lowest BCUT2D eigenvalue weighted by molar-refractivity contribution is -0.129. The molecule has 0 bridgehead atoms. The first-order valence-electron chi connectivity index (χ1n) is 11.5. The zero-order valence-electron chi connectivity index (χ0n) is 19.8. The zero-order valence-corrected chi connectivity index (χ0v) is 21.4. The number of nitrogens with one attached hydrogen (secondary N) is 1. The summed E-state index contributed by atoms with van der Waals surface area (Å²) in [4.78, 5) is 44.3. The molecule has 0 aromatic heterocycles. The molecule has 3 aromatic carbocycles. The molecule has 1 atom stereocenters. The van der Waals surface area contributed by atoms with Gasteiger partial charge in [0.25, 0.3) is 0 Å². The van der Waals surface area contributed by atoms with E-state index in [1.165, 1.54) is 17.0 Å². The van der Waals surface area contributed by atoms with E-state index in [1.54, 1.807) is 67.6 Å². The number of hydrogen-bond donors (Lipinski definition) is 1. The van der Waals surface area contributed by atoms with Gasteiger partial charge >= 0.3 is 5.97 Å². The van der Waals surface area contributed by atoms with E-state index in [1.807, 2.05) is 0 Å². The van der Waals surface area contributed by atoms with E-state index in [2.05, 4.69) is 10.3 Å². The first-order valence-corrected chi connectivity index (χ1v) is 12.7. The summed E-state index contributed by atoms with van der Waals surface area (Å²) < 4.78 is 18.4. The fraction of sp³-hybridized carbons (Fsp3) is 0.185. The second kappa shape index (κ2) is 12.0. The Morgan fingerprint density at radius 2 is 1.81 bits per heavy atom. The monoisotopic (exact) mass is 539 g/mol. The van der Waals surface area contributed by atoms with Gasteiger partial charge in [0.05, 0.1) is 35.1 Å². The standard InChI is InChI=1S/C27H23ClFN3O4S/c1-2-36-26(35)18-9-13-20(14-10-18)30-27-32(16-17-7-11-19(29)12-8-17)24(33)15-23(37-27)25(34)31-22-6-4-3-5-21(22)28/h3-14,23H,2,15-16H2,1H3,(H,31,34). The van der Waals surface area contributed by atoms with Crippen molar-refractivity contribution in [3.63, 3.8) is 0 Å². The Labute approximate surface area is 222 Å². The zero-order chi connectivity index (χ0) is 26.4. The van der Waals surface area contributed by atoms with E-state index in [0.717, 1.165) is 11.8 Å². The predicted molar refractivity (Wildman–Crippen MR) is 143 cm³/mol. The van der Waals surface area contributed by atoms with Crippen molar-refractivity contribution in [1.29, 1.82) is 0 Å². The van der Waals surface area contributed by atoms with Crippen molar-refractivity contribution in [2.75, 3.05) is 11.9 Å². The molecular formula is C27H23ClFN3O4S. The van der Waals surface area contributed by atoms with Gasteiger partial charge in [-0.25, -0.2) is 14.2 Å². The van der Waals surface area contributed by atoms with Crippen LogP contribution in [0.2, 0.25) is 5.02 Å². The number of aliphatic imine (C=N–C) groups is 1. The number of para-hydroxylation sites is 1. The van der Waals surface area contributed by atoms with Gasteiger partial charge in [0.1, 0.15) is 11.1 Å². The Morgan fingerprint density at radius 1 is 1.11 bits per heavy atom. The van der Waals surface area contributed by atoms with Crippen LogP contribution in [0.4, 0.5) is 15.8 Å². The van der Waals surface area contributed by atoms with Crippen molar-refractivity contribution >= 4 is 57.7 Å². The van der Waals surface area contributed by atoms with Crippen molar-refractivity contribution in [2.45, 2.75) is 25.1 Å². The molecule has 1 heterocycles. The van der Waals surface area contributed by atoms with E-state index in [-0.39, 0.29) is 37.2 Å². The molecule has 0 aliphatic carbocycles. The number of carbonyl (C=O) groups excluding carboxylic acids is 3. The summed E-state index contributed by atoms with van der Waals surface area (Å²) in [5.74, 6) is -1.50. The maximum Gasteiger partial charge on any atom is 0.338 e. The molecule has 0 spiro atoms. The van der Waals surface area contributed by atoms with Crippen LogP contribution in [-0.2, 0) is 20.9 Å². The number of carbonyl (C=O) groups is 3. The molecule has 0 saturated carbocycles. The summed E-state index contributed by atoms with van der Waals surface area (Å²) in [6, 6.07) is 19.1. The van der Waals surface area contributed by atoms with Crippen molar-refractivity contribution in [3.05, 3.63) is 94.8 Å². The average Bonchev–Trinajstić information content (AvgIpc) is 2.89. The first-order chi connectivity index (χ1) is 17.8. The molecule has 7 nitrogen and oxygen atoms in total. The molecule has 2 amide bonds. The minimum Gasteiger partial charge on any atom is -0.462 e.